The zero-order valence-corrected chi connectivity index (χ0v) is 24.0. The monoisotopic (exact) mass is 556 g/mol. The largest absolute Gasteiger partial charge is 0.456 e. The van der Waals surface area contributed by atoms with E-state index in [1.165, 1.54) is 32.9 Å². The van der Waals surface area contributed by atoms with Gasteiger partial charge in [-0.2, -0.15) is 0 Å². The number of fused-ring (bicyclic) bond motifs is 8. The van der Waals surface area contributed by atoms with Gasteiger partial charge in [0.05, 0.1) is 26.4 Å². The number of furan rings is 2. The van der Waals surface area contributed by atoms with Crippen LogP contribution >= 0.6 is 0 Å². The molecule has 7 aromatic rings. The van der Waals surface area contributed by atoms with E-state index >= 15 is 0 Å². The molecule has 42 heavy (non-hydrogen) atoms. The first-order valence-corrected chi connectivity index (χ1v) is 15.0. The van der Waals surface area contributed by atoms with Crippen LogP contribution in [0, 0.1) is 13.8 Å². The van der Waals surface area contributed by atoms with Gasteiger partial charge in [0.25, 0.3) is 0 Å². The molecule has 0 radical (unpaired) electrons. The normalized spacial score (nSPS) is 16.7. The van der Waals surface area contributed by atoms with Crippen LogP contribution in [0.25, 0.3) is 65.4 Å². The van der Waals surface area contributed by atoms with Crippen molar-refractivity contribution in [3.63, 3.8) is 0 Å². The fourth-order valence-corrected chi connectivity index (χ4v) is 7.19. The minimum absolute atomic E-state index is 0.778. The molecule has 6 heteroatoms. The topological polar surface area (TPSA) is 51.2 Å². The molecule has 2 fully saturated rings. The van der Waals surface area contributed by atoms with Crippen LogP contribution < -0.4 is 9.80 Å². The first kappa shape index (κ1) is 24.3. The average Bonchev–Trinajstić information content (AvgIpc) is 3.60. The highest BCUT2D eigenvalue weighted by molar-refractivity contribution is 6.21. The lowest BCUT2D eigenvalue weighted by molar-refractivity contribution is 0.122. The Morgan fingerprint density at radius 2 is 0.929 bits per heavy atom. The molecule has 2 aromatic heterocycles. The van der Waals surface area contributed by atoms with Gasteiger partial charge in [-0.3, -0.25) is 0 Å². The van der Waals surface area contributed by atoms with E-state index in [1.54, 1.807) is 0 Å². The third-order valence-electron chi connectivity index (χ3n) is 9.45. The second-order valence-electron chi connectivity index (χ2n) is 11.8. The molecule has 2 aliphatic rings. The summed E-state index contributed by atoms with van der Waals surface area (Å²) in [6.45, 7) is 11.2. The van der Waals surface area contributed by atoms with Crippen molar-refractivity contribution in [2.75, 3.05) is 62.4 Å². The van der Waals surface area contributed by atoms with Gasteiger partial charge in [0.2, 0.25) is 0 Å². The Morgan fingerprint density at radius 1 is 0.500 bits per heavy atom. The third-order valence-corrected chi connectivity index (χ3v) is 9.45. The number of morpholine rings is 2. The lowest BCUT2D eigenvalue weighted by Gasteiger charge is -2.29. The maximum Gasteiger partial charge on any atom is 0.139 e. The number of ether oxygens (including phenoxy) is 2. The molecule has 0 aliphatic carbocycles. The van der Waals surface area contributed by atoms with E-state index in [0.717, 1.165) is 108 Å². The molecule has 210 valence electrons. The van der Waals surface area contributed by atoms with E-state index in [9.17, 15) is 0 Å². The Labute approximate surface area is 242 Å². The quantitative estimate of drug-likeness (QED) is 0.215. The van der Waals surface area contributed by atoms with Crippen LogP contribution in [0.15, 0.2) is 69.5 Å². The van der Waals surface area contributed by atoms with Crippen LogP contribution in [0.2, 0.25) is 0 Å². The van der Waals surface area contributed by atoms with E-state index < -0.39 is 0 Å². The summed E-state index contributed by atoms with van der Waals surface area (Å²) in [7, 11) is 0. The van der Waals surface area contributed by atoms with Crippen molar-refractivity contribution in [2.24, 2.45) is 0 Å². The fraction of sp³-hybridized carbons (Fsp3) is 0.278. The van der Waals surface area contributed by atoms with Gasteiger partial charge < -0.3 is 28.1 Å². The lowest BCUT2D eigenvalue weighted by Crippen LogP contribution is -2.36. The lowest BCUT2D eigenvalue weighted by atomic mass is 9.97. The van der Waals surface area contributed by atoms with Crippen LogP contribution in [0.5, 0.6) is 0 Å². The molecule has 2 aliphatic heterocycles. The van der Waals surface area contributed by atoms with Crippen LogP contribution in [-0.2, 0) is 9.47 Å². The summed E-state index contributed by atoms with van der Waals surface area (Å²) in [5, 5.41) is 9.38. The van der Waals surface area contributed by atoms with Crippen molar-refractivity contribution in [3.8, 4) is 0 Å². The van der Waals surface area contributed by atoms with E-state index in [2.05, 4.69) is 84.3 Å². The molecule has 0 bridgehead atoms. The average molecular weight is 557 g/mol. The predicted octanol–water partition coefficient (Wildman–Crippen LogP) is 8.08. The Morgan fingerprint density at radius 3 is 1.36 bits per heavy atom. The number of benzene rings is 5. The highest BCUT2D eigenvalue weighted by Gasteiger charge is 2.22. The van der Waals surface area contributed by atoms with Crippen molar-refractivity contribution in [3.05, 3.63) is 71.8 Å². The second-order valence-corrected chi connectivity index (χ2v) is 11.8. The maximum absolute atomic E-state index is 6.66. The van der Waals surface area contributed by atoms with Gasteiger partial charge >= 0.3 is 0 Å². The van der Waals surface area contributed by atoms with Crippen LogP contribution in [-0.4, -0.2) is 52.6 Å². The molecule has 0 saturated carbocycles. The van der Waals surface area contributed by atoms with Gasteiger partial charge in [0.15, 0.2) is 0 Å². The standard InChI is InChI=1S/C36H32N2O4/c1-21-33-29-17-23-3-5-27(37-7-11-39-12-8-37)15-25(23)19-31(29)42-36(33)22(2)34-30-18-24-4-6-28(38-9-13-40-14-10-38)16-26(24)20-32(30)41-35(21)34/h3-6,15-20H,7-14H2,1-2H3. The van der Waals surface area contributed by atoms with Gasteiger partial charge in [0, 0.05) is 70.2 Å². The highest BCUT2D eigenvalue weighted by Crippen LogP contribution is 2.44. The van der Waals surface area contributed by atoms with Crippen LogP contribution in [0.1, 0.15) is 11.1 Å². The molecule has 0 N–H and O–H groups in total. The van der Waals surface area contributed by atoms with Gasteiger partial charge in [-0.05, 0) is 83.9 Å². The van der Waals surface area contributed by atoms with E-state index in [-0.39, 0.29) is 0 Å². The van der Waals surface area contributed by atoms with Crippen molar-refractivity contribution >= 4 is 76.8 Å². The van der Waals surface area contributed by atoms with Crippen molar-refractivity contribution < 1.29 is 18.3 Å². The predicted molar refractivity (Wildman–Crippen MR) is 172 cm³/mol. The zero-order valence-electron chi connectivity index (χ0n) is 24.0. The number of rotatable bonds is 2. The molecular weight excluding hydrogens is 524 g/mol. The van der Waals surface area contributed by atoms with Crippen LogP contribution in [0.3, 0.4) is 0 Å². The summed E-state index contributed by atoms with van der Waals surface area (Å²) < 4.78 is 24.4. The molecular formula is C36H32N2O4. The Bertz CT molecular complexity index is 2040. The van der Waals surface area contributed by atoms with Gasteiger partial charge in [-0.1, -0.05) is 12.1 Å². The number of hydrogen-bond acceptors (Lipinski definition) is 6. The second kappa shape index (κ2) is 9.12. The Kier molecular flexibility index (Phi) is 5.29. The molecule has 0 atom stereocenters. The van der Waals surface area contributed by atoms with E-state index in [0.29, 0.717) is 0 Å². The van der Waals surface area contributed by atoms with Crippen LogP contribution in [0.4, 0.5) is 11.4 Å². The third kappa shape index (κ3) is 3.58. The summed E-state index contributed by atoms with van der Waals surface area (Å²) in [6, 6.07) is 22.4. The highest BCUT2D eigenvalue weighted by atomic mass is 16.5. The molecule has 0 amide bonds. The maximum atomic E-state index is 6.66. The molecule has 0 spiro atoms. The zero-order chi connectivity index (χ0) is 27.9. The Hall–Kier alpha value is -4.26. The molecule has 6 nitrogen and oxygen atoms in total. The molecule has 4 heterocycles. The van der Waals surface area contributed by atoms with Crippen molar-refractivity contribution in [1.29, 1.82) is 0 Å². The van der Waals surface area contributed by atoms with Crippen molar-refractivity contribution in [1.82, 2.24) is 0 Å². The summed E-state index contributed by atoms with van der Waals surface area (Å²) in [5.41, 5.74) is 8.46. The smallest absolute Gasteiger partial charge is 0.139 e. The van der Waals surface area contributed by atoms with E-state index in [4.69, 9.17) is 18.3 Å². The van der Waals surface area contributed by atoms with Crippen molar-refractivity contribution in [2.45, 2.75) is 13.8 Å². The summed E-state index contributed by atoms with van der Waals surface area (Å²) in [6.07, 6.45) is 0. The van der Waals surface area contributed by atoms with Gasteiger partial charge in [-0.15, -0.1) is 0 Å². The molecule has 9 rings (SSSR count). The van der Waals surface area contributed by atoms with Gasteiger partial charge in [-0.25, -0.2) is 0 Å². The van der Waals surface area contributed by atoms with Gasteiger partial charge in [0.1, 0.15) is 22.3 Å². The first-order valence-electron chi connectivity index (χ1n) is 15.0. The number of hydrogen-bond donors (Lipinski definition) is 0. The Balaban J connectivity index is 1.22. The number of anilines is 2. The number of nitrogens with zero attached hydrogens (tertiary/aromatic N) is 2. The number of aryl methyl sites for hydroxylation is 2. The molecule has 2 saturated heterocycles. The molecule has 5 aromatic carbocycles. The minimum atomic E-state index is 0.778. The summed E-state index contributed by atoms with van der Waals surface area (Å²) >= 11 is 0. The summed E-state index contributed by atoms with van der Waals surface area (Å²) in [4.78, 5) is 4.79. The fourth-order valence-electron chi connectivity index (χ4n) is 7.19. The minimum Gasteiger partial charge on any atom is -0.456 e. The van der Waals surface area contributed by atoms with E-state index in [1.807, 2.05) is 0 Å². The SMILES string of the molecule is Cc1c2oc3cc4cc(N5CCOCC5)ccc4cc3c2c(C)c2oc3cc4cc(N5CCOCC5)ccc4cc3c12. The summed E-state index contributed by atoms with van der Waals surface area (Å²) in [5.74, 6) is 0. The first-order chi connectivity index (χ1) is 20.6. The molecule has 0 unspecified atom stereocenters.